The third-order valence-corrected chi connectivity index (χ3v) is 8.56. The highest BCUT2D eigenvalue weighted by Crippen LogP contribution is 2.35. The standard InChI is InChI=1S/C18H17Cl2NO4S.C11H13Cl2NO2.C7H8/c1-18(2)22-10-14(25-18)15(11-8-13(19)16(20)21-9-11)24-17(26)23-12-6-4-3-5-7-12;1-11(2)15-6-8(16-11)3-7-4-9(12)10(13)14-5-7;1-7-5-3-2-4-6-7/h3-9,14-15H,10H2,1-2H3;4-5,8H,3,6H2,1-2H3;2-6H,1H3/t14-,15?;8-;/m01./s1. The van der Waals surface area contributed by atoms with Crippen molar-refractivity contribution in [1.29, 1.82) is 0 Å². The van der Waals surface area contributed by atoms with E-state index >= 15 is 0 Å². The molecular weight excluding hydrogens is 730 g/mol. The third-order valence-electron chi connectivity index (χ3n) is 7.01. The highest BCUT2D eigenvalue weighted by Gasteiger charge is 2.40. The van der Waals surface area contributed by atoms with Gasteiger partial charge >= 0.3 is 5.24 Å². The van der Waals surface area contributed by atoms with Crippen LogP contribution in [0.3, 0.4) is 0 Å². The number of aromatic nitrogens is 2. The van der Waals surface area contributed by atoms with Gasteiger partial charge in [-0.1, -0.05) is 100 Å². The van der Waals surface area contributed by atoms with Gasteiger partial charge in [-0.25, -0.2) is 9.97 Å². The minimum absolute atomic E-state index is 0.0411. The van der Waals surface area contributed by atoms with E-state index in [0.29, 0.717) is 39.7 Å². The Morgan fingerprint density at radius 3 is 1.90 bits per heavy atom. The predicted octanol–water partition coefficient (Wildman–Crippen LogP) is 10.0. The average Bonchev–Trinajstić information content (AvgIpc) is 3.60. The Hall–Kier alpha value is -2.57. The van der Waals surface area contributed by atoms with Crippen molar-refractivity contribution in [3.05, 3.63) is 122 Å². The molecule has 2 fully saturated rings. The molecule has 2 aliphatic rings. The highest BCUT2D eigenvalue weighted by molar-refractivity contribution is 7.79. The maximum absolute atomic E-state index is 6.10. The molecule has 2 aromatic heterocycles. The predicted molar refractivity (Wildman–Crippen MR) is 197 cm³/mol. The maximum atomic E-state index is 6.10. The van der Waals surface area contributed by atoms with Crippen molar-refractivity contribution in [1.82, 2.24) is 9.97 Å². The van der Waals surface area contributed by atoms with Gasteiger partial charge in [0.2, 0.25) is 0 Å². The molecule has 2 aliphatic heterocycles. The molecule has 13 heteroatoms. The Balaban J connectivity index is 0.000000198. The van der Waals surface area contributed by atoms with E-state index in [1.807, 2.05) is 70.2 Å². The van der Waals surface area contributed by atoms with Crippen LogP contribution in [0.2, 0.25) is 20.4 Å². The molecule has 0 aliphatic carbocycles. The van der Waals surface area contributed by atoms with Crippen LogP contribution >= 0.6 is 58.6 Å². The maximum Gasteiger partial charge on any atom is 0.358 e. The van der Waals surface area contributed by atoms with Crippen molar-refractivity contribution in [3.8, 4) is 5.75 Å². The van der Waals surface area contributed by atoms with Crippen molar-refractivity contribution in [3.63, 3.8) is 0 Å². The van der Waals surface area contributed by atoms with E-state index < -0.39 is 23.8 Å². The van der Waals surface area contributed by atoms with Crippen LogP contribution < -0.4 is 4.74 Å². The first kappa shape index (κ1) is 39.2. The number of ether oxygens (including phenoxy) is 6. The lowest BCUT2D eigenvalue weighted by Gasteiger charge is -2.25. The van der Waals surface area contributed by atoms with Gasteiger partial charge in [0.05, 0.1) is 29.4 Å². The second-order valence-corrected chi connectivity index (χ2v) is 13.9. The topological polar surface area (TPSA) is 81.2 Å². The van der Waals surface area contributed by atoms with Gasteiger partial charge in [0.15, 0.2) is 17.7 Å². The summed E-state index contributed by atoms with van der Waals surface area (Å²) in [6, 6.07) is 22.9. The number of hydrogen-bond acceptors (Lipinski definition) is 9. The first-order valence-electron chi connectivity index (χ1n) is 15.4. The van der Waals surface area contributed by atoms with E-state index in [4.69, 9.17) is 87.0 Å². The summed E-state index contributed by atoms with van der Waals surface area (Å²) in [7, 11) is 0. The normalized spacial score (nSPS) is 19.4. The van der Waals surface area contributed by atoms with E-state index in [2.05, 4.69) is 29.0 Å². The van der Waals surface area contributed by atoms with Gasteiger partial charge < -0.3 is 28.4 Å². The van der Waals surface area contributed by atoms with Gasteiger partial charge in [0.25, 0.3) is 0 Å². The number of rotatable bonds is 6. The Kier molecular flexibility index (Phi) is 14.5. The summed E-state index contributed by atoms with van der Waals surface area (Å²) in [5.41, 5.74) is 2.98. The molecule has 0 spiro atoms. The average molecular weight is 769 g/mol. The number of halogens is 4. The number of thiocarbonyl (C=S) groups is 1. The smallest absolute Gasteiger partial charge is 0.358 e. The van der Waals surface area contributed by atoms with Gasteiger partial charge in [-0.05, 0) is 64.4 Å². The van der Waals surface area contributed by atoms with Crippen LogP contribution in [0.15, 0.2) is 85.2 Å². The second-order valence-electron chi connectivity index (χ2n) is 12.0. The van der Waals surface area contributed by atoms with Crippen LogP contribution in [0.4, 0.5) is 0 Å². The lowest BCUT2D eigenvalue weighted by molar-refractivity contribution is -0.150. The van der Waals surface area contributed by atoms with Crippen molar-refractivity contribution in [2.24, 2.45) is 0 Å². The molecule has 6 rings (SSSR count). The van der Waals surface area contributed by atoms with Gasteiger partial charge in [-0.3, -0.25) is 0 Å². The van der Waals surface area contributed by atoms with Gasteiger partial charge in [0, 0.05) is 36.6 Å². The highest BCUT2D eigenvalue weighted by atomic mass is 35.5. The molecule has 1 unspecified atom stereocenters. The van der Waals surface area contributed by atoms with Crippen molar-refractivity contribution >= 4 is 63.9 Å². The summed E-state index contributed by atoms with van der Waals surface area (Å²) in [6.07, 6.45) is 3.03. The molecule has 4 heterocycles. The van der Waals surface area contributed by atoms with Crippen LogP contribution in [0, 0.1) is 6.92 Å². The number of benzene rings is 2. The fourth-order valence-electron chi connectivity index (χ4n) is 4.76. The Labute approximate surface area is 312 Å². The zero-order valence-electron chi connectivity index (χ0n) is 27.7. The first-order chi connectivity index (χ1) is 23.2. The fraction of sp³-hybridized carbons (Fsp3) is 0.361. The number of hydrogen-bond donors (Lipinski definition) is 0. The summed E-state index contributed by atoms with van der Waals surface area (Å²) >= 11 is 28.9. The molecule has 0 saturated carbocycles. The van der Waals surface area contributed by atoms with Crippen LogP contribution in [-0.2, 0) is 30.1 Å². The molecule has 49 heavy (non-hydrogen) atoms. The molecule has 0 bridgehead atoms. The van der Waals surface area contributed by atoms with Crippen LogP contribution in [0.1, 0.15) is 50.5 Å². The van der Waals surface area contributed by atoms with Crippen LogP contribution in [0.5, 0.6) is 5.75 Å². The SMILES string of the molecule is CC1(C)OC[C@@H](C(OC(=S)Oc2ccccc2)c2cnc(Cl)c(Cl)c2)O1.CC1(C)OC[C@@H](Cc2cnc(Cl)c(Cl)c2)O1.Cc1ccccc1. The van der Waals surface area contributed by atoms with E-state index in [9.17, 15) is 0 Å². The summed E-state index contributed by atoms with van der Waals surface area (Å²) < 4.78 is 34.2. The molecule has 0 amide bonds. The lowest BCUT2D eigenvalue weighted by Crippen LogP contribution is -2.29. The fourth-order valence-corrected chi connectivity index (χ4v) is 5.53. The molecule has 262 valence electrons. The Bertz CT molecular complexity index is 1670. The molecule has 3 atom stereocenters. The van der Waals surface area contributed by atoms with Crippen molar-refractivity contribution in [2.45, 2.75) is 70.9 Å². The third kappa shape index (κ3) is 12.9. The lowest BCUT2D eigenvalue weighted by atomic mass is 10.1. The minimum atomic E-state index is -0.724. The molecule has 8 nitrogen and oxygen atoms in total. The summed E-state index contributed by atoms with van der Waals surface area (Å²) in [5.74, 6) is -0.640. The quantitative estimate of drug-likeness (QED) is 0.141. The summed E-state index contributed by atoms with van der Waals surface area (Å²) in [5, 5.41) is 1.28. The van der Waals surface area contributed by atoms with Crippen molar-refractivity contribution < 1.29 is 28.4 Å². The number of nitrogens with zero attached hydrogens (tertiary/aromatic N) is 2. The van der Waals surface area contributed by atoms with Crippen LogP contribution in [0.25, 0.3) is 0 Å². The summed E-state index contributed by atoms with van der Waals surface area (Å²) in [4.78, 5) is 8.07. The second kappa shape index (κ2) is 18.1. The monoisotopic (exact) mass is 766 g/mol. The minimum Gasteiger partial charge on any atom is -0.445 e. The van der Waals surface area contributed by atoms with E-state index in [1.54, 1.807) is 30.6 Å². The zero-order chi connectivity index (χ0) is 35.6. The summed E-state index contributed by atoms with van der Waals surface area (Å²) in [6.45, 7) is 10.5. The molecule has 0 radical (unpaired) electrons. The molecule has 4 aromatic rings. The first-order valence-corrected chi connectivity index (χ1v) is 17.3. The molecular formula is C36H38Cl4N2O6S. The van der Waals surface area contributed by atoms with Gasteiger partial charge in [-0.2, -0.15) is 0 Å². The molecule has 2 aromatic carbocycles. The van der Waals surface area contributed by atoms with Gasteiger partial charge in [0.1, 0.15) is 22.2 Å². The largest absolute Gasteiger partial charge is 0.445 e. The molecule has 0 N–H and O–H groups in total. The molecule has 2 saturated heterocycles. The van der Waals surface area contributed by atoms with E-state index in [1.165, 1.54) is 5.56 Å². The van der Waals surface area contributed by atoms with Crippen LogP contribution in [-0.4, -0.2) is 52.2 Å². The number of pyridine rings is 2. The zero-order valence-corrected chi connectivity index (χ0v) is 31.5. The van der Waals surface area contributed by atoms with Crippen molar-refractivity contribution in [2.75, 3.05) is 13.2 Å². The van der Waals surface area contributed by atoms with E-state index in [0.717, 1.165) is 12.0 Å². The van der Waals surface area contributed by atoms with E-state index in [-0.39, 0.29) is 16.5 Å². The Morgan fingerprint density at radius 1 is 0.816 bits per heavy atom. The number of para-hydroxylation sites is 1. The van der Waals surface area contributed by atoms with Gasteiger partial charge in [-0.15, -0.1) is 0 Å². The number of aryl methyl sites for hydroxylation is 1. The Morgan fingerprint density at radius 2 is 1.39 bits per heavy atom.